The third-order valence-corrected chi connectivity index (χ3v) is 3.24. The maximum atomic E-state index is 5.69. The Kier molecular flexibility index (Phi) is 11.2. The van der Waals surface area contributed by atoms with Crippen LogP contribution in [0, 0.1) is 0 Å². The molecule has 1 saturated heterocycles. The van der Waals surface area contributed by atoms with Gasteiger partial charge in [-0.25, -0.2) is 0 Å². The molecule has 1 aliphatic heterocycles. The zero-order valence-electron chi connectivity index (χ0n) is 14.3. The summed E-state index contributed by atoms with van der Waals surface area (Å²) in [6, 6.07) is 0. The number of rotatable bonds is 2. The molecule has 0 aromatic heterocycles. The zero-order valence-corrected chi connectivity index (χ0v) is 14.3. The number of nitrogens with zero attached hydrogens (tertiary/aromatic N) is 1. The van der Waals surface area contributed by atoms with Crippen LogP contribution < -0.4 is 0 Å². The Morgan fingerprint density at radius 2 is 1.85 bits per heavy atom. The smallest absolute Gasteiger partial charge is 0.0748 e. The van der Waals surface area contributed by atoms with E-state index in [-0.39, 0.29) is 0 Å². The van der Waals surface area contributed by atoms with Gasteiger partial charge in [0.25, 0.3) is 0 Å². The first kappa shape index (κ1) is 19.0. The van der Waals surface area contributed by atoms with Crippen molar-refractivity contribution in [1.29, 1.82) is 0 Å². The van der Waals surface area contributed by atoms with Gasteiger partial charge in [-0.15, -0.1) is 0 Å². The standard InChI is InChI=1S/C14H21NO.2C2H6/c1-3-14-11-15(9-10-16-14)13-6-4-5-12(2)7-8-13;2*1-2/h5-8,14H,3-4,9-11H2,1-2H3;2*1-2H3. The zero-order chi connectivity index (χ0) is 15.4. The predicted molar refractivity (Wildman–Crippen MR) is 89.9 cm³/mol. The Morgan fingerprint density at radius 3 is 2.50 bits per heavy atom. The number of ether oxygens (including phenoxy) is 1. The second-order valence-corrected chi connectivity index (χ2v) is 4.49. The van der Waals surface area contributed by atoms with Crippen LogP contribution in [0.3, 0.4) is 0 Å². The highest BCUT2D eigenvalue weighted by Crippen LogP contribution is 2.18. The monoisotopic (exact) mass is 279 g/mol. The SMILES string of the molecule is CC.CC.CCC1CN(C2=CCC=C(C)C=C2)CCO1. The fourth-order valence-corrected chi connectivity index (χ4v) is 2.15. The lowest BCUT2D eigenvalue weighted by atomic mass is 10.2. The van der Waals surface area contributed by atoms with Crippen LogP contribution in [0.15, 0.2) is 35.6 Å². The lowest BCUT2D eigenvalue weighted by Crippen LogP contribution is -2.41. The summed E-state index contributed by atoms with van der Waals surface area (Å²) < 4.78 is 5.69. The number of allylic oxidation sites excluding steroid dienone is 5. The minimum absolute atomic E-state index is 0.403. The molecule has 2 nitrogen and oxygen atoms in total. The third kappa shape index (κ3) is 6.42. The first-order chi connectivity index (χ1) is 9.79. The van der Waals surface area contributed by atoms with Gasteiger partial charge in [-0.2, -0.15) is 0 Å². The maximum Gasteiger partial charge on any atom is 0.0748 e. The molecular weight excluding hydrogens is 246 g/mol. The summed E-state index contributed by atoms with van der Waals surface area (Å²) in [7, 11) is 0. The lowest BCUT2D eigenvalue weighted by Gasteiger charge is -2.34. The van der Waals surface area contributed by atoms with Crippen LogP contribution in [0.1, 0.15) is 54.4 Å². The van der Waals surface area contributed by atoms with Crippen LogP contribution >= 0.6 is 0 Å². The third-order valence-electron chi connectivity index (χ3n) is 3.24. The van der Waals surface area contributed by atoms with Gasteiger partial charge in [0.1, 0.15) is 0 Å². The second kappa shape index (κ2) is 11.8. The molecule has 116 valence electrons. The molecule has 0 aromatic rings. The molecule has 0 amide bonds. The predicted octanol–water partition coefficient (Wildman–Crippen LogP) is 4.94. The Balaban J connectivity index is 0.000000829. The van der Waals surface area contributed by atoms with Gasteiger partial charge in [0.2, 0.25) is 0 Å². The molecule has 1 heterocycles. The van der Waals surface area contributed by atoms with E-state index in [1.54, 1.807) is 0 Å². The second-order valence-electron chi connectivity index (χ2n) is 4.49. The molecule has 0 saturated carbocycles. The normalized spacial score (nSPS) is 21.5. The van der Waals surface area contributed by atoms with E-state index < -0.39 is 0 Å². The molecule has 2 aliphatic rings. The highest BCUT2D eigenvalue weighted by atomic mass is 16.5. The quantitative estimate of drug-likeness (QED) is 0.710. The van der Waals surface area contributed by atoms with Crippen LogP contribution in [0.25, 0.3) is 0 Å². The Bertz CT molecular complexity index is 328. The van der Waals surface area contributed by atoms with E-state index in [4.69, 9.17) is 4.74 Å². The fourth-order valence-electron chi connectivity index (χ4n) is 2.15. The van der Waals surface area contributed by atoms with Gasteiger partial charge in [0, 0.05) is 18.8 Å². The molecule has 2 rings (SSSR count). The van der Waals surface area contributed by atoms with Crippen molar-refractivity contribution in [2.24, 2.45) is 0 Å². The van der Waals surface area contributed by atoms with E-state index in [2.05, 4.69) is 43.1 Å². The molecule has 0 radical (unpaired) electrons. The summed E-state index contributed by atoms with van der Waals surface area (Å²) in [6.45, 7) is 15.3. The van der Waals surface area contributed by atoms with Crippen LogP contribution in [0.4, 0.5) is 0 Å². The number of morpholine rings is 1. The summed E-state index contributed by atoms with van der Waals surface area (Å²) in [5.74, 6) is 0. The van der Waals surface area contributed by atoms with Crippen molar-refractivity contribution in [1.82, 2.24) is 4.90 Å². The molecule has 0 N–H and O–H groups in total. The van der Waals surface area contributed by atoms with Crippen molar-refractivity contribution in [3.8, 4) is 0 Å². The summed E-state index contributed by atoms with van der Waals surface area (Å²) in [5.41, 5.74) is 2.71. The minimum Gasteiger partial charge on any atom is -0.375 e. The molecule has 1 unspecified atom stereocenters. The Labute approximate surface area is 126 Å². The van der Waals surface area contributed by atoms with E-state index in [9.17, 15) is 0 Å². The van der Waals surface area contributed by atoms with E-state index in [1.807, 2.05) is 27.7 Å². The summed E-state index contributed by atoms with van der Waals surface area (Å²) >= 11 is 0. The van der Waals surface area contributed by atoms with Gasteiger partial charge in [-0.1, -0.05) is 58.4 Å². The lowest BCUT2D eigenvalue weighted by molar-refractivity contribution is -0.0168. The summed E-state index contributed by atoms with van der Waals surface area (Å²) in [5, 5.41) is 0. The van der Waals surface area contributed by atoms with Gasteiger partial charge in [-0.3, -0.25) is 0 Å². The van der Waals surface area contributed by atoms with Crippen LogP contribution in [0.5, 0.6) is 0 Å². The van der Waals surface area contributed by atoms with Crippen LogP contribution in [0.2, 0.25) is 0 Å². The van der Waals surface area contributed by atoms with Crippen LogP contribution in [-0.2, 0) is 4.74 Å². The largest absolute Gasteiger partial charge is 0.375 e. The van der Waals surface area contributed by atoms with Gasteiger partial charge in [0.05, 0.1) is 12.7 Å². The van der Waals surface area contributed by atoms with Crippen molar-refractivity contribution in [2.45, 2.75) is 60.5 Å². The first-order valence-corrected chi connectivity index (χ1v) is 8.21. The summed E-state index contributed by atoms with van der Waals surface area (Å²) in [6.07, 6.45) is 11.6. The average molecular weight is 279 g/mol. The van der Waals surface area contributed by atoms with Crippen molar-refractivity contribution in [2.75, 3.05) is 19.7 Å². The van der Waals surface area contributed by atoms with Crippen molar-refractivity contribution in [3.63, 3.8) is 0 Å². The topological polar surface area (TPSA) is 12.5 Å². The molecule has 20 heavy (non-hydrogen) atoms. The van der Waals surface area contributed by atoms with Gasteiger partial charge >= 0.3 is 0 Å². The Morgan fingerprint density at radius 1 is 1.15 bits per heavy atom. The van der Waals surface area contributed by atoms with Gasteiger partial charge in [-0.05, 0) is 25.8 Å². The highest BCUT2D eigenvalue weighted by molar-refractivity contribution is 5.30. The fraction of sp³-hybridized carbons (Fsp3) is 0.667. The first-order valence-electron chi connectivity index (χ1n) is 8.21. The Hall–Kier alpha value is -1.02. The average Bonchev–Trinajstić information content (AvgIpc) is 2.76. The van der Waals surface area contributed by atoms with E-state index in [0.29, 0.717) is 6.10 Å². The van der Waals surface area contributed by atoms with Crippen LogP contribution in [-0.4, -0.2) is 30.7 Å². The summed E-state index contributed by atoms with van der Waals surface area (Å²) in [4.78, 5) is 2.45. The van der Waals surface area contributed by atoms with Crippen molar-refractivity contribution >= 4 is 0 Å². The van der Waals surface area contributed by atoms with E-state index in [1.165, 1.54) is 11.3 Å². The molecule has 1 atom stereocenters. The van der Waals surface area contributed by atoms with Crippen molar-refractivity contribution < 1.29 is 4.74 Å². The van der Waals surface area contributed by atoms with E-state index in [0.717, 1.165) is 32.5 Å². The molecule has 0 aromatic carbocycles. The molecule has 0 bridgehead atoms. The molecular formula is C18H33NO. The molecule has 1 fully saturated rings. The number of hydrogen-bond donors (Lipinski definition) is 0. The maximum absolute atomic E-state index is 5.69. The highest BCUT2D eigenvalue weighted by Gasteiger charge is 2.19. The van der Waals surface area contributed by atoms with E-state index >= 15 is 0 Å². The molecule has 2 heteroatoms. The van der Waals surface area contributed by atoms with Crippen molar-refractivity contribution in [3.05, 3.63) is 35.6 Å². The minimum atomic E-state index is 0.403. The molecule has 0 spiro atoms. The van der Waals surface area contributed by atoms with Gasteiger partial charge in [0.15, 0.2) is 0 Å². The van der Waals surface area contributed by atoms with Gasteiger partial charge < -0.3 is 9.64 Å². The number of hydrogen-bond acceptors (Lipinski definition) is 2. The molecule has 1 aliphatic carbocycles.